The minimum atomic E-state index is -0.192. The van der Waals surface area contributed by atoms with Crippen LogP contribution in [0.25, 0.3) is 10.9 Å². The summed E-state index contributed by atoms with van der Waals surface area (Å²) in [6.45, 7) is 0. The molecule has 3 rings (SSSR count). The second kappa shape index (κ2) is 4.77. The van der Waals surface area contributed by atoms with Gasteiger partial charge in [0.1, 0.15) is 0 Å². The third-order valence-corrected chi connectivity index (χ3v) is 3.34. The van der Waals surface area contributed by atoms with E-state index in [1.807, 2.05) is 35.7 Å². The fraction of sp³-hybridized carbons (Fsp3) is 0.0833. The zero-order valence-corrected chi connectivity index (χ0v) is 10.3. The van der Waals surface area contributed by atoms with E-state index in [-0.39, 0.29) is 6.04 Å². The number of nitrogens with zero attached hydrogens (tertiary/aromatic N) is 3. The Morgan fingerprint density at radius 3 is 2.89 bits per heavy atom. The third kappa shape index (κ3) is 1.86. The van der Waals surface area contributed by atoms with Gasteiger partial charge in [0, 0.05) is 22.5 Å². The van der Waals surface area contributed by atoms with Gasteiger partial charge in [0.25, 0.3) is 0 Å². The van der Waals surface area contributed by atoms with E-state index in [0.29, 0.717) is 0 Å². The first-order valence-corrected chi connectivity index (χ1v) is 6.30. The van der Waals surface area contributed by atoms with Crippen molar-refractivity contribution >= 4 is 22.4 Å². The van der Waals surface area contributed by atoms with E-state index >= 15 is 0 Å². The van der Waals surface area contributed by atoms with Crippen LogP contribution in [0.1, 0.15) is 17.3 Å². The van der Waals surface area contributed by atoms with E-state index < -0.39 is 0 Å². The minimum absolute atomic E-state index is 0.192. The summed E-state index contributed by atoms with van der Waals surface area (Å²) < 4.78 is 3.87. The summed E-state index contributed by atoms with van der Waals surface area (Å²) in [5.41, 5.74) is 5.51. The molecule has 0 bridgehead atoms. The van der Waals surface area contributed by atoms with Gasteiger partial charge in [-0.05, 0) is 17.6 Å². The molecule has 2 aromatic heterocycles. The molecule has 0 spiro atoms. The molecule has 3 aromatic rings. The number of nitrogens with two attached hydrogens (primary N) is 1. The lowest BCUT2D eigenvalue weighted by atomic mass is 10.0. The van der Waals surface area contributed by atoms with Gasteiger partial charge in [0.05, 0.1) is 17.3 Å². The molecule has 0 saturated carbocycles. The van der Waals surface area contributed by atoms with Crippen LogP contribution in [0.5, 0.6) is 0 Å². The number of rotatable bonds is 3. The number of para-hydroxylation sites is 1. The second-order valence-corrected chi connectivity index (χ2v) is 4.46. The van der Waals surface area contributed by atoms with E-state index in [1.54, 1.807) is 6.20 Å². The molecule has 0 radical (unpaired) electrons. The molecule has 0 aliphatic carbocycles. The smallest absolute Gasteiger partial charge is 0.0983 e. The maximum Gasteiger partial charge on any atom is 0.0983 e. The SMILES string of the molecule is NNC(c1csnn1)c1cccc2cccnc12. The van der Waals surface area contributed by atoms with Crippen LogP contribution in [0.3, 0.4) is 0 Å². The maximum absolute atomic E-state index is 5.65. The van der Waals surface area contributed by atoms with Crippen molar-refractivity contribution in [1.82, 2.24) is 20.0 Å². The molecular weight excluding hydrogens is 246 g/mol. The Morgan fingerprint density at radius 2 is 2.11 bits per heavy atom. The lowest BCUT2D eigenvalue weighted by Crippen LogP contribution is -2.29. The standard InChI is InChI=1S/C12H11N5S/c13-15-12(10-7-18-17-16-10)9-5-1-3-8-4-2-6-14-11(8)9/h1-7,12,15H,13H2. The number of hydrogen-bond donors (Lipinski definition) is 2. The highest BCUT2D eigenvalue weighted by atomic mass is 32.1. The largest absolute Gasteiger partial charge is 0.271 e. The first-order chi connectivity index (χ1) is 8.90. The fourth-order valence-corrected chi connectivity index (χ4v) is 2.47. The predicted molar refractivity (Wildman–Crippen MR) is 70.8 cm³/mol. The van der Waals surface area contributed by atoms with Crippen LogP contribution in [0.15, 0.2) is 41.9 Å². The molecule has 0 aliphatic heterocycles. The van der Waals surface area contributed by atoms with Gasteiger partial charge < -0.3 is 0 Å². The molecule has 90 valence electrons. The monoisotopic (exact) mass is 257 g/mol. The van der Waals surface area contributed by atoms with Crippen molar-refractivity contribution in [2.45, 2.75) is 6.04 Å². The normalized spacial score (nSPS) is 12.7. The summed E-state index contributed by atoms with van der Waals surface area (Å²) >= 11 is 1.31. The highest BCUT2D eigenvalue weighted by molar-refractivity contribution is 7.03. The summed E-state index contributed by atoms with van der Waals surface area (Å²) in [5, 5.41) is 7.03. The Balaban J connectivity index is 2.18. The topological polar surface area (TPSA) is 76.7 Å². The van der Waals surface area contributed by atoms with Gasteiger partial charge in [-0.3, -0.25) is 10.8 Å². The van der Waals surface area contributed by atoms with Gasteiger partial charge in [-0.1, -0.05) is 28.8 Å². The van der Waals surface area contributed by atoms with Gasteiger partial charge in [0.15, 0.2) is 0 Å². The van der Waals surface area contributed by atoms with Crippen molar-refractivity contribution < 1.29 is 0 Å². The summed E-state index contributed by atoms with van der Waals surface area (Å²) in [6, 6.07) is 9.77. The molecule has 1 aromatic carbocycles. The molecule has 0 saturated heterocycles. The molecule has 0 aliphatic rings. The van der Waals surface area contributed by atoms with E-state index in [9.17, 15) is 0 Å². The van der Waals surface area contributed by atoms with Crippen LogP contribution in [0, 0.1) is 0 Å². The van der Waals surface area contributed by atoms with E-state index in [2.05, 4.69) is 20.0 Å². The fourth-order valence-electron chi connectivity index (χ4n) is 1.99. The molecule has 0 fully saturated rings. The number of aromatic nitrogens is 3. The number of pyridine rings is 1. The zero-order valence-electron chi connectivity index (χ0n) is 9.45. The lowest BCUT2D eigenvalue weighted by molar-refractivity contribution is 0.621. The van der Waals surface area contributed by atoms with E-state index in [1.165, 1.54) is 11.5 Å². The molecule has 1 unspecified atom stereocenters. The molecule has 18 heavy (non-hydrogen) atoms. The first kappa shape index (κ1) is 11.2. The van der Waals surface area contributed by atoms with Crippen LogP contribution in [-0.2, 0) is 0 Å². The Hall–Kier alpha value is -1.89. The van der Waals surface area contributed by atoms with Crippen molar-refractivity contribution in [3.05, 3.63) is 53.2 Å². The second-order valence-electron chi connectivity index (χ2n) is 3.85. The number of fused-ring (bicyclic) bond motifs is 1. The molecule has 5 nitrogen and oxygen atoms in total. The number of hydrogen-bond acceptors (Lipinski definition) is 6. The van der Waals surface area contributed by atoms with Crippen LogP contribution in [0.4, 0.5) is 0 Å². The van der Waals surface area contributed by atoms with Crippen LogP contribution >= 0.6 is 11.5 Å². The number of nitrogens with one attached hydrogen (secondary N) is 1. The van der Waals surface area contributed by atoms with Gasteiger partial charge in [-0.15, -0.1) is 5.10 Å². The molecule has 2 heterocycles. The molecule has 0 amide bonds. The van der Waals surface area contributed by atoms with Gasteiger partial charge in [-0.25, -0.2) is 5.43 Å². The average molecular weight is 257 g/mol. The first-order valence-electron chi connectivity index (χ1n) is 5.47. The van der Waals surface area contributed by atoms with Crippen LogP contribution in [-0.4, -0.2) is 14.6 Å². The average Bonchev–Trinajstić information content (AvgIpc) is 2.94. The van der Waals surface area contributed by atoms with E-state index in [0.717, 1.165) is 22.2 Å². The Kier molecular flexibility index (Phi) is 2.97. The summed E-state index contributed by atoms with van der Waals surface area (Å²) in [4.78, 5) is 4.42. The van der Waals surface area contributed by atoms with Crippen molar-refractivity contribution in [2.75, 3.05) is 0 Å². The van der Waals surface area contributed by atoms with Crippen molar-refractivity contribution in [3.63, 3.8) is 0 Å². The Labute approximate surface area is 108 Å². The molecule has 1 atom stereocenters. The zero-order chi connectivity index (χ0) is 12.4. The molecule has 3 N–H and O–H groups in total. The molecule has 6 heteroatoms. The van der Waals surface area contributed by atoms with Gasteiger partial charge in [0.2, 0.25) is 0 Å². The van der Waals surface area contributed by atoms with Gasteiger partial charge >= 0.3 is 0 Å². The van der Waals surface area contributed by atoms with Crippen molar-refractivity contribution in [2.24, 2.45) is 5.84 Å². The van der Waals surface area contributed by atoms with E-state index in [4.69, 9.17) is 5.84 Å². The maximum atomic E-state index is 5.65. The van der Waals surface area contributed by atoms with Gasteiger partial charge in [-0.2, -0.15) is 0 Å². The number of benzene rings is 1. The summed E-state index contributed by atoms with van der Waals surface area (Å²) in [7, 11) is 0. The lowest BCUT2D eigenvalue weighted by Gasteiger charge is -2.15. The molecular formula is C12H11N5S. The quantitative estimate of drug-likeness (QED) is 0.551. The summed E-state index contributed by atoms with van der Waals surface area (Å²) in [5.74, 6) is 5.65. The number of hydrazine groups is 1. The van der Waals surface area contributed by atoms with Crippen LogP contribution < -0.4 is 11.3 Å². The highest BCUT2D eigenvalue weighted by Crippen LogP contribution is 2.26. The highest BCUT2D eigenvalue weighted by Gasteiger charge is 2.18. The van der Waals surface area contributed by atoms with Crippen LogP contribution in [0.2, 0.25) is 0 Å². The van der Waals surface area contributed by atoms with Crippen molar-refractivity contribution in [1.29, 1.82) is 0 Å². The third-order valence-electron chi connectivity index (χ3n) is 2.81. The minimum Gasteiger partial charge on any atom is -0.271 e. The predicted octanol–water partition coefficient (Wildman–Crippen LogP) is 1.64. The Morgan fingerprint density at radius 1 is 1.22 bits per heavy atom. The summed E-state index contributed by atoms with van der Waals surface area (Å²) in [6.07, 6.45) is 1.78. The van der Waals surface area contributed by atoms with Crippen molar-refractivity contribution in [3.8, 4) is 0 Å². The Bertz CT molecular complexity index is 647.